The van der Waals surface area contributed by atoms with Gasteiger partial charge in [-0.05, 0) is 43.4 Å². The molecule has 10 nitrogen and oxygen atoms in total. The minimum absolute atomic E-state index is 0.105. The summed E-state index contributed by atoms with van der Waals surface area (Å²) >= 11 is 6.94. The highest BCUT2D eigenvalue weighted by Crippen LogP contribution is 2.12. The zero-order valence-corrected chi connectivity index (χ0v) is 22.9. The molecule has 35 heavy (non-hydrogen) atoms. The summed E-state index contributed by atoms with van der Waals surface area (Å²) < 4.78 is 4.50. The number of carbonyl (C=O) groups is 5. The molecule has 194 valence electrons. The van der Waals surface area contributed by atoms with Crippen LogP contribution < -0.4 is 21.3 Å². The standard InChI is InChI=1S/C23H32ClIN4O6/c1-14(2)20(29-18(30)6-4-5-11-26-19(31)12-24)22(33)27-15(3)21(32)28-17-9-7-16(8-10-17)13-35-23(25)34/h7-10,14-15,20H,4-6,11-13H2,1-3H3,(H,26,31)(H,27,33)(H,28,32)(H,29,30)/t15-,20?/m0/s1. The van der Waals surface area contributed by atoms with Gasteiger partial charge in [0.2, 0.25) is 23.6 Å². The Labute approximate surface area is 223 Å². The second kappa shape index (κ2) is 16.3. The Morgan fingerprint density at radius 2 is 1.60 bits per heavy atom. The molecule has 0 aromatic heterocycles. The summed E-state index contributed by atoms with van der Waals surface area (Å²) in [7, 11) is 0. The number of ether oxygens (including phenoxy) is 1. The van der Waals surface area contributed by atoms with E-state index in [1.165, 1.54) is 0 Å². The molecule has 0 saturated carbocycles. The van der Waals surface area contributed by atoms with Gasteiger partial charge in [0, 0.05) is 18.7 Å². The van der Waals surface area contributed by atoms with Crippen molar-refractivity contribution in [3.63, 3.8) is 0 Å². The molecular formula is C23H32ClIN4O6. The number of unbranched alkanes of at least 4 members (excludes halogenated alkanes) is 1. The average molecular weight is 623 g/mol. The van der Waals surface area contributed by atoms with Crippen LogP contribution in [0.5, 0.6) is 0 Å². The molecule has 0 bridgehead atoms. The molecule has 0 aliphatic rings. The van der Waals surface area contributed by atoms with Crippen LogP contribution in [0, 0.1) is 5.92 Å². The second-order valence-corrected chi connectivity index (χ2v) is 9.32. The zero-order valence-electron chi connectivity index (χ0n) is 20.0. The molecule has 0 saturated heterocycles. The molecule has 0 heterocycles. The van der Waals surface area contributed by atoms with Crippen molar-refractivity contribution in [2.75, 3.05) is 17.7 Å². The van der Waals surface area contributed by atoms with Crippen molar-refractivity contribution in [1.82, 2.24) is 16.0 Å². The SMILES string of the molecule is CC(C)C(NC(=O)CCCCNC(=O)CCl)C(=O)N[C@@H](C)C(=O)Nc1ccc(COC(=O)I)cc1. The topological polar surface area (TPSA) is 143 Å². The number of benzene rings is 1. The summed E-state index contributed by atoms with van der Waals surface area (Å²) in [5.74, 6) is -1.72. The predicted octanol–water partition coefficient (Wildman–Crippen LogP) is 2.87. The van der Waals surface area contributed by atoms with Crippen molar-refractivity contribution >= 4 is 67.5 Å². The first-order valence-corrected chi connectivity index (χ1v) is 12.8. The predicted molar refractivity (Wildman–Crippen MR) is 141 cm³/mol. The Balaban J connectivity index is 2.51. The molecule has 0 aliphatic carbocycles. The number of hydrogen-bond donors (Lipinski definition) is 4. The van der Waals surface area contributed by atoms with Gasteiger partial charge in [-0.1, -0.05) is 26.0 Å². The number of nitrogens with one attached hydrogen (secondary N) is 4. The minimum atomic E-state index is -0.842. The van der Waals surface area contributed by atoms with Gasteiger partial charge in [0.05, 0.1) is 22.6 Å². The largest absolute Gasteiger partial charge is 0.453 e. The molecule has 12 heteroatoms. The highest BCUT2D eigenvalue weighted by molar-refractivity contribution is 14.1. The van der Waals surface area contributed by atoms with E-state index in [2.05, 4.69) is 21.3 Å². The quantitative estimate of drug-likeness (QED) is 0.109. The summed E-state index contributed by atoms with van der Waals surface area (Å²) in [6, 6.07) is 5.13. The first-order valence-electron chi connectivity index (χ1n) is 11.2. The number of alkyl halides is 1. The molecule has 1 aromatic carbocycles. The van der Waals surface area contributed by atoms with E-state index in [1.54, 1.807) is 67.6 Å². The Kier molecular flexibility index (Phi) is 14.3. The molecule has 1 rings (SSSR count). The van der Waals surface area contributed by atoms with Gasteiger partial charge in [0.1, 0.15) is 24.6 Å². The molecule has 0 radical (unpaired) electrons. The van der Waals surface area contributed by atoms with E-state index < -0.39 is 27.9 Å². The first-order chi connectivity index (χ1) is 16.5. The second-order valence-electron chi connectivity index (χ2n) is 8.17. The fourth-order valence-corrected chi connectivity index (χ4v) is 3.16. The van der Waals surface area contributed by atoms with Gasteiger partial charge in [-0.3, -0.25) is 19.2 Å². The smallest absolute Gasteiger partial charge is 0.367 e. The molecule has 0 fully saturated rings. The van der Waals surface area contributed by atoms with E-state index in [9.17, 15) is 24.0 Å². The monoisotopic (exact) mass is 622 g/mol. The molecule has 1 unspecified atom stereocenters. The molecule has 2 atom stereocenters. The van der Waals surface area contributed by atoms with Crippen molar-refractivity contribution in [2.45, 2.75) is 58.7 Å². The highest BCUT2D eigenvalue weighted by atomic mass is 127. The van der Waals surface area contributed by atoms with Gasteiger partial charge in [-0.2, -0.15) is 0 Å². The number of amides is 4. The van der Waals surface area contributed by atoms with E-state index >= 15 is 0 Å². The lowest BCUT2D eigenvalue weighted by molar-refractivity contribution is -0.131. The van der Waals surface area contributed by atoms with Crippen LogP contribution in [-0.2, 0) is 30.5 Å². The first kappa shape index (κ1) is 30.6. The van der Waals surface area contributed by atoms with Gasteiger partial charge in [-0.25, -0.2) is 4.79 Å². The summed E-state index contributed by atoms with van der Waals surface area (Å²) in [6.07, 6.45) is 1.35. The minimum Gasteiger partial charge on any atom is -0.453 e. The van der Waals surface area contributed by atoms with E-state index in [4.69, 9.17) is 16.3 Å². The summed E-state index contributed by atoms with van der Waals surface area (Å²) in [5, 5.41) is 10.7. The molecular weight excluding hydrogens is 591 g/mol. The fraction of sp³-hybridized carbons (Fsp3) is 0.522. The molecule has 0 aliphatic heterocycles. The molecule has 0 spiro atoms. The van der Waals surface area contributed by atoms with Crippen LogP contribution in [0.1, 0.15) is 45.6 Å². The van der Waals surface area contributed by atoms with Gasteiger partial charge < -0.3 is 26.0 Å². The van der Waals surface area contributed by atoms with Gasteiger partial charge in [0.25, 0.3) is 0 Å². The van der Waals surface area contributed by atoms with Crippen LogP contribution in [0.3, 0.4) is 0 Å². The lowest BCUT2D eigenvalue weighted by atomic mass is 10.0. The van der Waals surface area contributed by atoms with Crippen molar-refractivity contribution in [2.24, 2.45) is 5.92 Å². The molecule has 1 aromatic rings. The number of halogens is 2. The third kappa shape index (κ3) is 12.7. The summed E-state index contributed by atoms with van der Waals surface area (Å²) in [4.78, 5) is 59.5. The number of anilines is 1. The maximum absolute atomic E-state index is 12.7. The van der Waals surface area contributed by atoms with Crippen LogP contribution in [0.2, 0.25) is 0 Å². The van der Waals surface area contributed by atoms with Crippen LogP contribution in [0.4, 0.5) is 10.5 Å². The number of rotatable bonds is 14. The van der Waals surface area contributed by atoms with Crippen molar-refractivity contribution in [1.29, 1.82) is 0 Å². The van der Waals surface area contributed by atoms with Crippen LogP contribution in [-0.4, -0.2) is 52.1 Å². The van der Waals surface area contributed by atoms with Crippen LogP contribution in [0.15, 0.2) is 24.3 Å². The van der Waals surface area contributed by atoms with E-state index in [0.29, 0.717) is 25.1 Å². The Bertz CT molecular complexity index is 881. The van der Waals surface area contributed by atoms with E-state index in [1.807, 2.05) is 0 Å². The fourth-order valence-electron chi connectivity index (χ4n) is 2.91. The number of carbonyl (C=O) groups excluding carboxylic acids is 5. The van der Waals surface area contributed by atoms with Crippen LogP contribution in [0.25, 0.3) is 0 Å². The van der Waals surface area contributed by atoms with Crippen molar-refractivity contribution in [3.8, 4) is 0 Å². The maximum atomic E-state index is 12.7. The summed E-state index contributed by atoms with van der Waals surface area (Å²) in [5.41, 5.74) is 1.29. The van der Waals surface area contributed by atoms with Gasteiger partial charge >= 0.3 is 3.98 Å². The third-order valence-electron chi connectivity index (χ3n) is 4.87. The lowest BCUT2D eigenvalue weighted by Gasteiger charge is -2.24. The van der Waals surface area contributed by atoms with Crippen molar-refractivity contribution in [3.05, 3.63) is 29.8 Å². The third-order valence-corrected chi connectivity index (χ3v) is 5.42. The Morgan fingerprint density at radius 3 is 2.17 bits per heavy atom. The van der Waals surface area contributed by atoms with E-state index in [0.717, 1.165) is 5.56 Å². The zero-order chi connectivity index (χ0) is 26.4. The molecule has 4 amide bonds. The number of hydrogen-bond acceptors (Lipinski definition) is 6. The highest BCUT2D eigenvalue weighted by Gasteiger charge is 2.26. The summed E-state index contributed by atoms with van der Waals surface area (Å²) in [6.45, 7) is 5.71. The van der Waals surface area contributed by atoms with E-state index in [-0.39, 0.29) is 36.6 Å². The Morgan fingerprint density at radius 1 is 0.943 bits per heavy atom. The normalized spacial score (nSPS) is 12.3. The average Bonchev–Trinajstić information content (AvgIpc) is 2.81. The lowest BCUT2D eigenvalue weighted by Crippen LogP contribution is -2.53. The molecule has 4 N–H and O–H groups in total. The maximum Gasteiger partial charge on any atom is 0.367 e. The van der Waals surface area contributed by atoms with Gasteiger partial charge in [0.15, 0.2) is 0 Å². The van der Waals surface area contributed by atoms with Crippen molar-refractivity contribution < 1.29 is 28.7 Å². The van der Waals surface area contributed by atoms with Gasteiger partial charge in [-0.15, -0.1) is 11.6 Å². The Hall–Kier alpha value is -2.41. The van der Waals surface area contributed by atoms with Crippen LogP contribution >= 0.6 is 34.2 Å².